The molecular formula is C21H25N7O2. The van der Waals surface area contributed by atoms with Crippen molar-refractivity contribution in [3.8, 4) is 5.88 Å². The van der Waals surface area contributed by atoms with E-state index in [1.165, 1.54) is 0 Å². The van der Waals surface area contributed by atoms with Crippen LogP contribution >= 0.6 is 0 Å². The van der Waals surface area contributed by atoms with Crippen molar-refractivity contribution in [2.75, 3.05) is 51.3 Å². The second kappa shape index (κ2) is 7.56. The number of benzene rings is 1. The minimum Gasteiger partial charge on any atom is -0.481 e. The third kappa shape index (κ3) is 3.24. The fraction of sp³-hybridized carbons (Fsp3) is 0.429. The van der Waals surface area contributed by atoms with Crippen molar-refractivity contribution in [3.05, 3.63) is 42.2 Å². The number of hydrogen-bond donors (Lipinski definition) is 0. The number of carbonyl (C=O) groups excluding carboxylic acids is 1. The maximum atomic E-state index is 12.9. The number of nitrogens with zero attached hydrogens (tertiary/aromatic N) is 7. The third-order valence-electron chi connectivity index (χ3n) is 6.04. The molecule has 156 valence electrons. The monoisotopic (exact) mass is 407 g/mol. The van der Waals surface area contributed by atoms with Crippen molar-refractivity contribution in [2.24, 2.45) is 7.05 Å². The maximum Gasteiger partial charge on any atom is 0.254 e. The minimum atomic E-state index is 0.0640. The first-order valence-corrected chi connectivity index (χ1v) is 10.2. The lowest BCUT2D eigenvalue weighted by Gasteiger charge is -2.48. The molecule has 0 saturated carbocycles. The normalized spacial score (nSPS) is 17.9. The van der Waals surface area contributed by atoms with Gasteiger partial charge in [-0.25, -0.2) is 14.6 Å². The Morgan fingerprint density at radius 1 is 1.10 bits per heavy atom. The topological polar surface area (TPSA) is 79.6 Å². The second-order valence-electron chi connectivity index (χ2n) is 7.80. The molecule has 9 nitrogen and oxygen atoms in total. The van der Waals surface area contributed by atoms with Crippen LogP contribution in [0.5, 0.6) is 5.88 Å². The van der Waals surface area contributed by atoms with E-state index in [9.17, 15) is 4.79 Å². The number of piperazine rings is 1. The maximum absolute atomic E-state index is 12.9. The molecule has 2 fully saturated rings. The molecule has 9 heteroatoms. The number of methoxy groups -OCH3 is 1. The van der Waals surface area contributed by atoms with Crippen molar-refractivity contribution in [2.45, 2.75) is 6.04 Å². The van der Waals surface area contributed by atoms with Gasteiger partial charge in [0.2, 0.25) is 11.8 Å². The Kier molecular flexibility index (Phi) is 4.74. The summed E-state index contributed by atoms with van der Waals surface area (Å²) in [6, 6.07) is 7.89. The first kappa shape index (κ1) is 18.8. The van der Waals surface area contributed by atoms with Crippen LogP contribution in [-0.2, 0) is 7.05 Å². The molecular weight excluding hydrogens is 382 g/mol. The summed E-state index contributed by atoms with van der Waals surface area (Å²) in [7, 11) is 3.46. The van der Waals surface area contributed by atoms with Gasteiger partial charge in [-0.2, -0.15) is 5.10 Å². The predicted octanol–water partition coefficient (Wildman–Crippen LogP) is 1.02. The summed E-state index contributed by atoms with van der Waals surface area (Å²) in [6.45, 7) is 5.28. The molecule has 0 unspecified atom stereocenters. The molecule has 3 aromatic rings. The highest BCUT2D eigenvalue weighted by molar-refractivity contribution is 5.99. The molecule has 0 N–H and O–H groups in total. The van der Waals surface area contributed by atoms with Crippen LogP contribution in [0.15, 0.2) is 36.7 Å². The lowest BCUT2D eigenvalue weighted by molar-refractivity contribution is 0.0246. The van der Waals surface area contributed by atoms with Gasteiger partial charge in [-0.05, 0) is 24.3 Å². The van der Waals surface area contributed by atoms with E-state index >= 15 is 0 Å². The Morgan fingerprint density at radius 3 is 2.53 bits per heavy atom. The summed E-state index contributed by atoms with van der Waals surface area (Å²) in [4.78, 5) is 28.2. The van der Waals surface area contributed by atoms with Crippen molar-refractivity contribution in [1.82, 2.24) is 29.5 Å². The van der Waals surface area contributed by atoms with Gasteiger partial charge in [-0.1, -0.05) is 0 Å². The molecule has 1 aromatic carbocycles. The van der Waals surface area contributed by atoms with Gasteiger partial charge in [0.25, 0.3) is 5.91 Å². The van der Waals surface area contributed by atoms with Gasteiger partial charge in [0.15, 0.2) is 0 Å². The van der Waals surface area contributed by atoms with Crippen LogP contribution in [0.4, 0.5) is 5.95 Å². The highest BCUT2D eigenvalue weighted by atomic mass is 16.5. The molecule has 0 atom stereocenters. The Bertz CT molecular complexity index is 1050. The van der Waals surface area contributed by atoms with E-state index in [1.54, 1.807) is 24.2 Å². The van der Waals surface area contributed by atoms with Crippen molar-refractivity contribution >= 4 is 22.8 Å². The Labute approximate surface area is 174 Å². The van der Waals surface area contributed by atoms with Crippen LogP contribution in [-0.4, -0.2) is 87.9 Å². The summed E-state index contributed by atoms with van der Waals surface area (Å²) in [5.74, 6) is 1.56. The van der Waals surface area contributed by atoms with Crippen LogP contribution < -0.4 is 9.64 Å². The first-order valence-electron chi connectivity index (χ1n) is 10.2. The number of anilines is 1. The van der Waals surface area contributed by atoms with Crippen molar-refractivity contribution in [1.29, 1.82) is 0 Å². The summed E-state index contributed by atoms with van der Waals surface area (Å²) in [5, 5.41) is 5.36. The molecule has 4 heterocycles. The van der Waals surface area contributed by atoms with Gasteiger partial charge in [0, 0.05) is 70.3 Å². The van der Waals surface area contributed by atoms with E-state index in [0.29, 0.717) is 17.5 Å². The lowest BCUT2D eigenvalue weighted by Crippen LogP contribution is -2.64. The van der Waals surface area contributed by atoms with Crippen LogP contribution in [0, 0.1) is 0 Å². The number of ether oxygens (including phenoxy) is 1. The van der Waals surface area contributed by atoms with Gasteiger partial charge >= 0.3 is 0 Å². The number of hydrogen-bond acceptors (Lipinski definition) is 7. The van der Waals surface area contributed by atoms with Crippen LogP contribution in [0.25, 0.3) is 10.9 Å². The fourth-order valence-electron chi connectivity index (χ4n) is 4.33. The van der Waals surface area contributed by atoms with E-state index in [0.717, 1.165) is 56.1 Å². The zero-order valence-electron chi connectivity index (χ0n) is 17.2. The van der Waals surface area contributed by atoms with Gasteiger partial charge in [0.05, 0.1) is 18.0 Å². The minimum absolute atomic E-state index is 0.0640. The number of aryl methyl sites for hydroxylation is 1. The molecule has 2 saturated heterocycles. The Hall–Kier alpha value is -3.20. The van der Waals surface area contributed by atoms with Crippen molar-refractivity contribution < 1.29 is 9.53 Å². The fourth-order valence-corrected chi connectivity index (χ4v) is 4.33. The van der Waals surface area contributed by atoms with Crippen molar-refractivity contribution in [3.63, 3.8) is 0 Å². The molecule has 0 aliphatic carbocycles. The number of amides is 1. The SMILES string of the molecule is COc1c2ccc(C(=O)N3CC(N4CCN(c5ncccn5)CC4)C3)cc2nn1C. The highest BCUT2D eigenvalue weighted by Crippen LogP contribution is 2.27. The van der Waals surface area contributed by atoms with E-state index in [2.05, 4.69) is 24.9 Å². The summed E-state index contributed by atoms with van der Waals surface area (Å²) >= 11 is 0. The van der Waals surface area contributed by atoms with E-state index in [4.69, 9.17) is 4.74 Å². The lowest BCUT2D eigenvalue weighted by atomic mass is 10.0. The summed E-state index contributed by atoms with van der Waals surface area (Å²) < 4.78 is 7.08. The quantitative estimate of drug-likeness (QED) is 0.639. The molecule has 0 spiro atoms. The molecule has 2 aliphatic rings. The molecule has 0 bridgehead atoms. The molecule has 5 rings (SSSR count). The molecule has 2 aromatic heterocycles. The Balaban J connectivity index is 1.18. The average Bonchev–Trinajstić information content (AvgIpc) is 3.07. The zero-order valence-corrected chi connectivity index (χ0v) is 17.2. The average molecular weight is 407 g/mol. The zero-order chi connectivity index (χ0) is 20.7. The van der Waals surface area contributed by atoms with Crippen LogP contribution in [0.3, 0.4) is 0 Å². The number of carbonyl (C=O) groups is 1. The van der Waals surface area contributed by atoms with E-state index < -0.39 is 0 Å². The predicted molar refractivity (Wildman–Crippen MR) is 113 cm³/mol. The smallest absolute Gasteiger partial charge is 0.254 e. The first-order chi connectivity index (χ1) is 14.6. The summed E-state index contributed by atoms with van der Waals surface area (Å²) in [5.41, 5.74) is 1.45. The number of aromatic nitrogens is 4. The van der Waals surface area contributed by atoms with Gasteiger partial charge in [-0.15, -0.1) is 0 Å². The molecule has 0 radical (unpaired) electrons. The van der Waals surface area contributed by atoms with Crippen LogP contribution in [0.1, 0.15) is 10.4 Å². The third-order valence-corrected chi connectivity index (χ3v) is 6.04. The van der Waals surface area contributed by atoms with Gasteiger partial charge in [0.1, 0.15) is 0 Å². The second-order valence-corrected chi connectivity index (χ2v) is 7.80. The molecule has 30 heavy (non-hydrogen) atoms. The number of likely N-dealkylation sites (tertiary alicyclic amines) is 1. The number of rotatable bonds is 4. The largest absolute Gasteiger partial charge is 0.481 e. The van der Waals surface area contributed by atoms with Gasteiger partial charge < -0.3 is 14.5 Å². The van der Waals surface area contributed by atoms with Gasteiger partial charge in [-0.3, -0.25) is 9.69 Å². The van der Waals surface area contributed by atoms with E-state index in [-0.39, 0.29) is 5.91 Å². The number of fused-ring (bicyclic) bond motifs is 1. The molecule has 2 aliphatic heterocycles. The van der Waals surface area contributed by atoms with E-state index in [1.807, 2.05) is 36.2 Å². The highest BCUT2D eigenvalue weighted by Gasteiger charge is 2.36. The van der Waals surface area contributed by atoms with Crippen LogP contribution in [0.2, 0.25) is 0 Å². The Morgan fingerprint density at radius 2 is 1.83 bits per heavy atom. The molecule has 1 amide bonds. The summed E-state index contributed by atoms with van der Waals surface area (Å²) in [6.07, 6.45) is 3.56. The standard InChI is InChI=1S/C21H25N7O2/c1-25-20(30-2)17-5-4-15(12-18(17)24-25)19(29)28-13-16(14-28)26-8-10-27(11-9-26)21-22-6-3-7-23-21/h3-7,12,16H,8-11,13-14H2,1-2H3.